The van der Waals surface area contributed by atoms with Gasteiger partial charge in [-0.2, -0.15) is 15.3 Å². The van der Waals surface area contributed by atoms with E-state index in [1.807, 2.05) is 0 Å². The number of nitrogens with one attached hydrogen (secondary N) is 1. The number of H-pyrrole nitrogens is 1. The van der Waals surface area contributed by atoms with Gasteiger partial charge in [0, 0.05) is 22.2 Å². The summed E-state index contributed by atoms with van der Waals surface area (Å²) < 4.78 is 6.31. The summed E-state index contributed by atoms with van der Waals surface area (Å²) in [5.41, 5.74) is 1.42. The fraction of sp³-hybridized carbons (Fsp3) is 0.0625. The fourth-order valence-electron chi connectivity index (χ4n) is 2.60. The zero-order chi connectivity index (χ0) is 19.8. The van der Waals surface area contributed by atoms with Gasteiger partial charge in [-0.1, -0.05) is 5.10 Å². The lowest BCUT2D eigenvalue weighted by Gasteiger charge is -2.04. The number of hydrazone groups is 1. The standard InChI is InChI=1S/C16H10BrN7O4/c1-8-12(15(25)23(20-8)16-18-21-22-19-16)7-10-3-5-14(28-10)11-4-2-9(24(26)27)6-13(11)17/h2-7H,1H3,(H,18,19,21,22)/b12-7-. The number of carbonyl (C=O) groups excluding carboxylic acids is 1. The van der Waals surface area contributed by atoms with Crippen molar-refractivity contribution in [2.75, 3.05) is 5.01 Å². The fourth-order valence-corrected chi connectivity index (χ4v) is 3.16. The molecule has 12 heteroatoms. The predicted molar refractivity (Wildman–Crippen MR) is 101 cm³/mol. The Hall–Kier alpha value is -3.67. The largest absolute Gasteiger partial charge is 0.457 e. The molecule has 0 saturated heterocycles. The highest BCUT2D eigenvalue weighted by Crippen LogP contribution is 2.33. The van der Waals surface area contributed by atoms with Crippen molar-refractivity contribution in [2.24, 2.45) is 5.10 Å². The number of anilines is 1. The van der Waals surface area contributed by atoms with Crippen LogP contribution in [-0.4, -0.2) is 37.2 Å². The number of furan rings is 1. The highest BCUT2D eigenvalue weighted by atomic mass is 79.9. The molecule has 0 radical (unpaired) electrons. The molecular weight excluding hydrogens is 434 g/mol. The predicted octanol–water partition coefficient (Wildman–Crippen LogP) is 2.94. The van der Waals surface area contributed by atoms with Crippen LogP contribution in [0.25, 0.3) is 17.4 Å². The van der Waals surface area contributed by atoms with Crippen molar-refractivity contribution in [1.29, 1.82) is 0 Å². The van der Waals surface area contributed by atoms with Crippen molar-refractivity contribution in [1.82, 2.24) is 20.6 Å². The molecule has 1 N–H and O–H groups in total. The van der Waals surface area contributed by atoms with E-state index in [-0.39, 0.29) is 11.6 Å². The summed E-state index contributed by atoms with van der Waals surface area (Å²) in [4.78, 5) is 22.9. The zero-order valence-corrected chi connectivity index (χ0v) is 15.7. The average Bonchev–Trinajstić information content (AvgIpc) is 3.39. The summed E-state index contributed by atoms with van der Waals surface area (Å²) in [5.74, 6) is 0.549. The number of aromatic nitrogens is 4. The van der Waals surface area contributed by atoms with Gasteiger partial charge in [0.05, 0.1) is 16.2 Å². The number of non-ortho nitro benzene ring substituents is 1. The number of hydrogen-bond donors (Lipinski definition) is 1. The number of rotatable bonds is 4. The third-order valence-corrected chi connectivity index (χ3v) is 4.58. The second-order valence-corrected chi connectivity index (χ2v) is 6.55. The van der Waals surface area contributed by atoms with Crippen LogP contribution in [0.3, 0.4) is 0 Å². The van der Waals surface area contributed by atoms with Gasteiger partial charge >= 0.3 is 0 Å². The van der Waals surface area contributed by atoms with Crippen LogP contribution in [0.5, 0.6) is 0 Å². The van der Waals surface area contributed by atoms with E-state index < -0.39 is 10.8 Å². The Morgan fingerprint density at radius 1 is 1.32 bits per heavy atom. The van der Waals surface area contributed by atoms with Crippen LogP contribution in [-0.2, 0) is 4.79 Å². The maximum absolute atomic E-state index is 12.6. The van der Waals surface area contributed by atoms with Gasteiger partial charge in [-0.15, -0.1) is 5.10 Å². The number of halogens is 1. The molecule has 0 aliphatic carbocycles. The van der Waals surface area contributed by atoms with Crippen LogP contribution in [0.2, 0.25) is 0 Å². The van der Waals surface area contributed by atoms with Crippen molar-refractivity contribution in [3.8, 4) is 11.3 Å². The second kappa shape index (κ2) is 6.81. The van der Waals surface area contributed by atoms with Gasteiger partial charge in [0.2, 0.25) is 0 Å². The Morgan fingerprint density at radius 2 is 2.14 bits per heavy atom. The number of nitro groups is 1. The molecule has 0 spiro atoms. The minimum absolute atomic E-state index is 0.0329. The van der Waals surface area contributed by atoms with E-state index in [0.29, 0.717) is 32.8 Å². The first-order chi connectivity index (χ1) is 13.4. The number of nitrogens with zero attached hydrogens (tertiary/aromatic N) is 6. The van der Waals surface area contributed by atoms with Gasteiger partial charge in [0.1, 0.15) is 11.5 Å². The van der Waals surface area contributed by atoms with Crippen LogP contribution in [0.4, 0.5) is 11.6 Å². The first-order valence-electron chi connectivity index (χ1n) is 7.83. The quantitative estimate of drug-likeness (QED) is 0.370. The van der Waals surface area contributed by atoms with Crippen LogP contribution < -0.4 is 5.01 Å². The van der Waals surface area contributed by atoms with Crippen LogP contribution >= 0.6 is 15.9 Å². The molecule has 0 unspecified atom stereocenters. The molecule has 1 aliphatic rings. The SMILES string of the molecule is CC1=NN(c2nn[nH]n2)C(=O)/C1=C\c1ccc(-c2ccc([N+](=O)[O-])cc2Br)o1. The molecule has 1 amide bonds. The smallest absolute Gasteiger partial charge is 0.293 e. The van der Waals surface area contributed by atoms with E-state index in [2.05, 4.69) is 41.7 Å². The number of amides is 1. The Kier molecular flexibility index (Phi) is 4.31. The van der Waals surface area contributed by atoms with E-state index in [9.17, 15) is 14.9 Å². The number of nitro benzene ring substituents is 1. The summed E-state index contributed by atoms with van der Waals surface area (Å²) in [6.07, 6.45) is 1.56. The molecule has 2 aromatic heterocycles. The lowest BCUT2D eigenvalue weighted by Crippen LogP contribution is -2.22. The summed E-state index contributed by atoms with van der Waals surface area (Å²) >= 11 is 3.32. The molecule has 3 heterocycles. The topological polar surface area (TPSA) is 143 Å². The molecule has 1 aliphatic heterocycles. The highest BCUT2D eigenvalue weighted by molar-refractivity contribution is 9.10. The first-order valence-corrected chi connectivity index (χ1v) is 8.62. The van der Waals surface area contributed by atoms with Crippen molar-refractivity contribution in [3.05, 3.63) is 56.3 Å². The van der Waals surface area contributed by atoms with Gasteiger partial charge < -0.3 is 4.42 Å². The van der Waals surface area contributed by atoms with Crippen LogP contribution in [0.1, 0.15) is 12.7 Å². The Labute approximate surface area is 165 Å². The van der Waals surface area contributed by atoms with E-state index in [1.165, 1.54) is 12.1 Å². The monoisotopic (exact) mass is 443 g/mol. The van der Waals surface area contributed by atoms with E-state index in [0.717, 1.165) is 5.01 Å². The van der Waals surface area contributed by atoms with Crippen molar-refractivity contribution < 1.29 is 14.1 Å². The molecule has 0 atom stereocenters. The number of tetrazole rings is 1. The maximum atomic E-state index is 12.6. The van der Waals surface area contributed by atoms with Crippen molar-refractivity contribution in [2.45, 2.75) is 6.92 Å². The summed E-state index contributed by atoms with van der Waals surface area (Å²) in [6.45, 7) is 1.68. The third kappa shape index (κ3) is 3.09. The molecule has 1 aromatic carbocycles. The van der Waals surface area contributed by atoms with E-state index >= 15 is 0 Å². The molecule has 28 heavy (non-hydrogen) atoms. The number of hydrogen-bond acceptors (Lipinski definition) is 8. The molecule has 11 nitrogen and oxygen atoms in total. The summed E-state index contributed by atoms with van der Waals surface area (Å²) in [6, 6.07) is 7.77. The third-order valence-electron chi connectivity index (χ3n) is 3.93. The lowest BCUT2D eigenvalue weighted by molar-refractivity contribution is -0.384. The van der Waals surface area contributed by atoms with Gasteiger partial charge in [0.25, 0.3) is 17.5 Å². The van der Waals surface area contributed by atoms with E-state index in [4.69, 9.17) is 4.42 Å². The number of aromatic amines is 1. The molecule has 0 saturated carbocycles. The van der Waals surface area contributed by atoms with Gasteiger partial charge in [-0.25, -0.2) is 0 Å². The average molecular weight is 444 g/mol. The van der Waals surface area contributed by atoms with Gasteiger partial charge in [-0.05, 0) is 52.3 Å². The molecule has 4 rings (SSSR count). The first kappa shape index (κ1) is 17.7. The van der Waals surface area contributed by atoms with Crippen molar-refractivity contribution >= 4 is 45.3 Å². The van der Waals surface area contributed by atoms with Gasteiger partial charge in [-0.3, -0.25) is 14.9 Å². The molecule has 0 fully saturated rings. The Balaban J connectivity index is 1.63. The summed E-state index contributed by atoms with van der Waals surface area (Å²) in [5, 5.41) is 29.2. The second-order valence-electron chi connectivity index (χ2n) is 5.70. The lowest BCUT2D eigenvalue weighted by atomic mass is 10.1. The van der Waals surface area contributed by atoms with Crippen LogP contribution in [0, 0.1) is 10.1 Å². The summed E-state index contributed by atoms with van der Waals surface area (Å²) in [7, 11) is 0. The Morgan fingerprint density at radius 3 is 2.82 bits per heavy atom. The highest BCUT2D eigenvalue weighted by Gasteiger charge is 2.31. The Bertz CT molecular complexity index is 1150. The van der Waals surface area contributed by atoms with Gasteiger partial charge in [0.15, 0.2) is 0 Å². The van der Waals surface area contributed by atoms with Crippen LogP contribution in [0.15, 0.2) is 49.9 Å². The normalized spacial score (nSPS) is 15.4. The minimum Gasteiger partial charge on any atom is -0.457 e. The number of benzene rings is 1. The molecule has 3 aromatic rings. The molecule has 0 bridgehead atoms. The molecule has 140 valence electrons. The number of carbonyl (C=O) groups is 1. The minimum atomic E-state index is -0.476. The molecular formula is C16H10BrN7O4. The van der Waals surface area contributed by atoms with Crippen molar-refractivity contribution in [3.63, 3.8) is 0 Å². The van der Waals surface area contributed by atoms with E-state index in [1.54, 1.807) is 31.2 Å². The maximum Gasteiger partial charge on any atom is 0.293 e. The zero-order valence-electron chi connectivity index (χ0n) is 14.2.